The fraction of sp³-hybridized carbons (Fsp3) is 0.375. The number of likely N-dealkylation sites (tertiary alicyclic amines) is 1. The van der Waals surface area contributed by atoms with Crippen molar-refractivity contribution in [1.82, 2.24) is 9.80 Å². The average Bonchev–Trinajstić information content (AvgIpc) is 3.24. The van der Waals surface area contributed by atoms with E-state index in [1.54, 1.807) is 47.4 Å². The van der Waals surface area contributed by atoms with E-state index >= 15 is 0 Å². The van der Waals surface area contributed by atoms with Crippen molar-refractivity contribution in [2.24, 2.45) is 0 Å². The second-order valence-electron chi connectivity index (χ2n) is 7.80. The number of nitrogens with zero attached hydrogens (tertiary/aromatic N) is 2. The van der Waals surface area contributed by atoms with Crippen LogP contribution in [0.1, 0.15) is 54.9 Å². The summed E-state index contributed by atoms with van der Waals surface area (Å²) in [4.78, 5) is 41.5. The lowest BCUT2D eigenvalue weighted by atomic mass is 9.87. The van der Waals surface area contributed by atoms with Crippen LogP contribution >= 0.6 is 0 Å². The molecule has 1 aliphatic heterocycles. The molecule has 7 nitrogen and oxygen atoms in total. The lowest BCUT2D eigenvalue weighted by Crippen LogP contribution is -2.58. The molecule has 1 saturated heterocycles. The van der Waals surface area contributed by atoms with Gasteiger partial charge in [0.1, 0.15) is 18.0 Å². The second kappa shape index (κ2) is 9.64. The van der Waals surface area contributed by atoms with E-state index in [1.807, 2.05) is 6.92 Å². The van der Waals surface area contributed by atoms with E-state index < -0.39 is 30.0 Å². The third kappa shape index (κ3) is 4.71. The van der Waals surface area contributed by atoms with Gasteiger partial charge in [-0.15, -0.1) is 0 Å². The normalized spacial score (nSPS) is 17.7. The lowest BCUT2D eigenvalue weighted by Gasteiger charge is -2.41. The van der Waals surface area contributed by atoms with E-state index in [0.717, 1.165) is 0 Å². The zero-order valence-electron chi connectivity index (χ0n) is 17.8. The van der Waals surface area contributed by atoms with E-state index in [9.17, 15) is 24.6 Å². The molecule has 0 radical (unpaired) electrons. The highest BCUT2D eigenvalue weighted by molar-refractivity contribution is 5.97. The maximum absolute atomic E-state index is 13.6. The first-order valence-corrected chi connectivity index (χ1v) is 10.5. The van der Waals surface area contributed by atoms with Crippen LogP contribution in [0.25, 0.3) is 0 Å². The molecule has 7 heteroatoms. The topological polar surface area (TPSA) is 98.2 Å². The van der Waals surface area contributed by atoms with Crippen molar-refractivity contribution in [1.29, 1.82) is 0 Å². The molecule has 164 valence electrons. The highest BCUT2D eigenvalue weighted by atomic mass is 16.4. The summed E-state index contributed by atoms with van der Waals surface area (Å²) in [6.45, 7) is 3.80. The van der Waals surface area contributed by atoms with Crippen LogP contribution in [-0.2, 0) is 9.59 Å². The summed E-state index contributed by atoms with van der Waals surface area (Å²) in [7, 11) is 0. The first-order valence-electron chi connectivity index (χ1n) is 10.5. The number of carbonyl (C=O) groups is 3. The predicted molar refractivity (Wildman–Crippen MR) is 116 cm³/mol. The summed E-state index contributed by atoms with van der Waals surface area (Å²) in [5.41, 5.74) is 1.09. The Kier molecular flexibility index (Phi) is 6.95. The van der Waals surface area contributed by atoms with Gasteiger partial charge in [0.15, 0.2) is 0 Å². The van der Waals surface area contributed by atoms with Crippen LogP contribution in [0.15, 0.2) is 54.6 Å². The van der Waals surface area contributed by atoms with Crippen LogP contribution in [0.5, 0.6) is 5.75 Å². The number of phenols is 1. The van der Waals surface area contributed by atoms with E-state index in [2.05, 4.69) is 0 Å². The van der Waals surface area contributed by atoms with E-state index in [-0.39, 0.29) is 11.7 Å². The Bertz CT molecular complexity index is 929. The van der Waals surface area contributed by atoms with Crippen LogP contribution in [0.2, 0.25) is 0 Å². The Morgan fingerprint density at radius 3 is 2.29 bits per heavy atom. The number of aromatic hydroxyl groups is 1. The molecule has 0 aliphatic carbocycles. The summed E-state index contributed by atoms with van der Waals surface area (Å²) in [6.07, 6.45) is 1.06. The standard InChI is InChI=1S/C24H28N2O5/c1-3-20(17-11-13-19(28)14-12-17)22(24(30)31)26(21-10-7-15-25(21)16(2)27)23(29)18-8-5-4-6-9-18/h4-6,8-9,11-14,20-22,28H,3,7,10,15H2,1-2H3,(H,30,31). The van der Waals surface area contributed by atoms with Gasteiger partial charge in [0.25, 0.3) is 5.91 Å². The van der Waals surface area contributed by atoms with Gasteiger partial charge in [-0.25, -0.2) is 4.79 Å². The number of carboxylic acids is 1. The molecule has 2 N–H and O–H groups in total. The van der Waals surface area contributed by atoms with Gasteiger partial charge in [-0.05, 0) is 49.1 Å². The summed E-state index contributed by atoms with van der Waals surface area (Å²) >= 11 is 0. The minimum atomic E-state index is -1.17. The van der Waals surface area contributed by atoms with Crippen molar-refractivity contribution in [3.05, 3.63) is 65.7 Å². The van der Waals surface area contributed by atoms with E-state index in [0.29, 0.717) is 36.9 Å². The van der Waals surface area contributed by atoms with Crippen LogP contribution < -0.4 is 0 Å². The molecule has 3 unspecified atom stereocenters. The van der Waals surface area contributed by atoms with Crippen molar-refractivity contribution < 1.29 is 24.6 Å². The summed E-state index contributed by atoms with van der Waals surface area (Å²) in [5, 5.41) is 19.9. The Morgan fingerprint density at radius 1 is 1.10 bits per heavy atom. The van der Waals surface area contributed by atoms with Crippen LogP contribution in [0.4, 0.5) is 0 Å². The second-order valence-corrected chi connectivity index (χ2v) is 7.80. The predicted octanol–water partition coefficient (Wildman–Crippen LogP) is 3.45. The Labute approximate surface area is 181 Å². The highest BCUT2D eigenvalue weighted by Crippen LogP contribution is 2.34. The molecule has 0 bridgehead atoms. The number of aliphatic carboxylic acids is 1. The van der Waals surface area contributed by atoms with Crippen molar-refractivity contribution >= 4 is 17.8 Å². The molecular weight excluding hydrogens is 396 g/mol. The van der Waals surface area contributed by atoms with Gasteiger partial charge < -0.3 is 20.0 Å². The molecule has 0 saturated carbocycles. The third-order valence-electron chi connectivity index (χ3n) is 5.90. The first-order chi connectivity index (χ1) is 14.8. The number of phenolic OH excluding ortho intramolecular Hbond substituents is 1. The van der Waals surface area contributed by atoms with Crippen LogP contribution in [-0.4, -0.2) is 56.5 Å². The average molecular weight is 424 g/mol. The van der Waals surface area contributed by atoms with Crippen LogP contribution in [0.3, 0.4) is 0 Å². The summed E-state index contributed by atoms with van der Waals surface area (Å²) in [5.74, 6) is -2.15. The van der Waals surface area contributed by atoms with Gasteiger partial charge in [-0.1, -0.05) is 37.3 Å². The molecule has 3 atom stereocenters. The van der Waals surface area contributed by atoms with Gasteiger partial charge in [-0.2, -0.15) is 0 Å². The number of amides is 2. The fourth-order valence-electron chi connectivity index (χ4n) is 4.43. The number of benzene rings is 2. The zero-order chi connectivity index (χ0) is 22.5. The minimum Gasteiger partial charge on any atom is -0.508 e. The van der Waals surface area contributed by atoms with Gasteiger partial charge in [0.05, 0.1) is 0 Å². The third-order valence-corrected chi connectivity index (χ3v) is 5.90. The monoisotopic (exact) mass is 424 g/mol. The van der Waals surface area contributed by atoms with Crippen molar-refractivity contribution in [2.45, 2.75) is 51.2 Å². The zero-order valence-corrected chi connectivity index (χ0v) is 17.8. The quantitative estimate of drug-likeness (QED) is 0.709. The van der Waals surface area contributed by atoms with Crippen LogP contribution in [0, 0.1) is 0 Å². The molecule has 2 aromatic rings. The van der Waals surface area contributed by atoms with Crippen molar-refractivity contribution in [2.75, 3.05) is 6.54 Å². The van der Waals surface area contributed by atoms with Gasteiger partial charge in [-0.3, -0.25) is 9.59 Å². The molecule has 31 heavy (non-hydrogen) atoms. The molecule has 1 aliphatic rings. The fourth-order valence-corrected chi connectivity index (χ4v) is 4.43. The Morgan fingerprint density at radius 2 is 1.74 bits per heavy atom. The number of hydrogen-bond acceptors (Lipinski definition) is 4. The number of carboxylic acid groups (broad SMARTS) is 1. The molecule has 2 aromatic carbocycles. The van der Waals surface area contributed by atoms with Gasteiger partial charge in [0.2, 0.25) is 5.91 Å². The molecule has 0 spiro atoms. The number of rotatable bonds is 7. The minimum absolute atomic E-state index is 0.0845. The van der Waals surface area contributed by atoms with Gasteiger partial charge >= 0.3 is 5.97 Å². The molecule has 0 aromatic heterocycles. The number of carbonyl (C=O) groups excluding carboxylic acids is 2. The Hall–Kier alpha value is -3.35. The first kappa shape index (κ1) is 22.3. The highest BCUT2D eigenvalue weighted by Gasteiger charge is 2.44. The smallest absolute Gasteiger partial charge is 0.327 e. The molecule has 1 heterocycles. The SMILES string of the molecule is CCC(c1ccc(O)cc1)C(C(=O)O)N(C(=O)c1ccccc1)C1CCCN1C(C)=O. The summed E-state index contributed by atoms with van der Waals surface area (Å²) < 4.78 is 0. The molecular formula is C24H28N2O5. The molecule has 3 rings (SSSR count). The Balaban J connectivity index is 2.11. The van der Waals surface area contributed by atoms with Crippen molar-refractivity contribution in [3.63, 3.8) is 0 Å². The lowest BCUT2D eigenvalue weighted by molar-refractivity contribution is -0.148. The maximum Gasteiger partial charge on any atom is 0.327 e. The van der Waals surface area contributed by atoms with Gasteiger partial charge in [0, 0.05) is 24.9 Å². The van der Waals surface area contributed by atoms with E-state index in [4.69, 9.17) is 0 Å². The number of hydrogen-bond donors (Lipinski definition) is 2. The molecule has 2 amide bonds. The summed E-state index contributed by atoms with van der Waals surface area (Å²) in [6, 6.07) is 13.8. The maximum atomic E-state index is 13.6. The van der Waals surface area contributed by atoms with E-state index in [1.165, 1.54) is 24.0 Å². The van der Waals surface area contributed by atoms with Crippen molar-refractivity contribution in [3.8, 4) is 5.75 Å². The largest absolute Gasteiger partial charge is 0.508 e. The molecule has 1 fully saturated rings.